The summed E-state index contributed by atoms with van der Waals surface area (Å²) in [6.45, 7) is 0.407. The van der Waals surface area contributed by atoms with Gasteiger partial charge in [-0.25, -0.2) is 0 Å². The summed E-state index contributed by atoms with van der Waals surface area (Å²) in [6, 6.07) is 17.0. The smallest absolute Gasteiger partial charge is 0.248 e. The third-order valence-electron chi connectivity index (χ3n) is 4.88. The zero-order valence-electron chi connectivity index (χ0n) is 16.8. The maximum atomic E-state index is 12.1. The van der Waals surface area contributed by atoms with E-state index in [-0.39, 0.29) is 5.56 Å². The average Bonchev–Trinajstić information content (AvgIpc) is 2.78. The highest BCUT2D eigenvalue weighted by Crippen LogP contribution is 2.30. The summed E-state index contributed by atoms with van der Waals surface area (Å²) in [4.78, 5) is 19.1. The van der Waals surface area contributed by atoms with E-state index < -0.39 is 0 Å². The standard InChI is InChI=1S/C24H22N2O4/c1-28-19-6-7-20-18(12-24(27)26-21(20)13-19)10-16-5-8-22(23(11-16)29-2)30-15-17-4-3-9-25-14-17/h3-9,11-14H,10,15H2,1-2H3,(H,26,27). The van der Waals surface area contributed by atoms with Crippen LogP contribution in [0.15, 0.2) is 71.8 Å². The lowest BCUT2D eigenvalue weighted by Gasteiger charge is -2.13. The molecule has 0 spiro atoms. The van der Waals surface area contributed by atoms with Crippen molar-refractivity contribution in [3.8, 4) is 17.2 Å². The molecular weight excluding hydrogens is 380 g/mol. The molecule has 2 aromatic carbocycles. The molecule has 0 aliphatic carbocycles. The van der Waals surface area contributed by atoms with Crippen LogP contribution in [0.4, 0.5) is 0 Å². The molecule has 0 saturated heterocycles. The molecule has 0 aliphatic heterocycles. The van der Waals surface area contributed by atoms with Crippen LogP contribution < -0.4 is 19.8 Å². The van der Waals surface area contributed by atoms with Gasteiger partial charge in [-0.05, 0) is 47.9 Å². The molecule has 6 heteroatoms. The van der Waals surface area contributed by atoms with E-state index >= 15 is 0 Å². The lowest BCUT2D eigenvalue weighted by molar-refractivity contribution is 0.284. The summed E-state index contributed by atoms with van der Waals surface area (Å²) in [5.74, 6) is 2.00. The Kier molecular flexibility index (Phi) is 5.66. The fourth-order valence-electron chi connectivity index (χ4n) is 3.39. The van der Waals surface area contributed by atoms with Crippen LogP contribution in [0.1, 0.15) is 16.7 Å². The third kappa shape index (κ3) is 4.27. The monoisotopic (exact) mass is 402 g/mol. The van der Waals surface area contributed by atoms with Crippen LogP contribution >= 0.6 is 0 Å². The maximum Gasteiger partial charge on any atom is 0.248 e. The summed E-state index contributed by atoms with van der Waals surface area (Å²) in [5, 5.41) is 0.978. The number of nitrogens with zero attached hydrogens (tertiary/aromatic N) is 1. The maximum absolute atomic E-state index is 12.1. The van der Waals surface area contributed by atoms with Crippen LogP contribution in [0, 0.1) is 0 Å². The van der Waals surface area contributed by atoms with Crippen LogP contribution in [0.2, 0.25) is 0 Å². The third-order valence-corrected chi connectivity index (χ3v) is 4.88. The van der Waals surface area contributed by atoms with E-state index in [2.05, 4.69) is 9.97 Å². The number of hydrogen-bond donors (Lipinski definition) is 1. The van der Waals surface area contributed by atoms with E-state index in [4.69, 9.17) is 14.2 Å². The van der Waals surface area contributed by atoms with Crippen LogP contribution in [0.3, 0.4) is 0 Å². The first-order chi connectivity index (χ1) is 14.7. The highest BCUT2D eigenvalue weighted by molar-refractivity contribution is 5.83. The van der Waals surface area contributed by atoms with Gasteiger partial charge in [0.1, 0.15) is 12.4 Å². The second kappa shape index (κ2) is 8.69. The van der Waals surface area contributed by atoms with E-state index in [0.717, 1.165) is 27.6 Å². The van der Waals surface area contributed by atoms with E-state index in [9.17, 15) is 4.79 Å². The van der Waals surface area contributed by atoms with Gasteiger partial charge in [0.25, 0.3) is 0 Å². The van der Waals surface area contributed by atoms with Crippen molar-refractivity contribution in [3.05, 3.63) is 94.0 Å². The van der Waals surface area contributed by atoms with Crippen molar-refractivity contribution in [2.75, 3.05) is 14.2 Å². The Balaban J connectivity index is 1.60. The van der Waals surface area contributed by atoms with Gasteiger partial charge in [-0.1, -0.05) is 12.1 Å². The van der Waals surface area contributed by atoms with Gasteiger partial charge in [-0.3, -0.25) is 9.78 Å². The Labute approximate surface area is 174 Å². The number of H-pyrrole nitrogens is 1. The fourth-order valence-corrected chi connectivity index (χ4v) is 3.39. The van der Waals surface area contributed by atoms with Gasteiger partial charge in [0.05, 0.1) is 19.7 Å². The van der Waals surface area contributed by atoms with Crippen molar-refractivity contribution in [2.24, 2.45) is 0 Å². The van der Waals surface area contributed by atoms with Crippen molar-refractivity contribution < 1.29 is 14.2 Å². The predicted octanol–water partition coefficient (Wildman–Crippen LogP) is 4.11. The molecule has 30 heavy (non-hydrogen) atoms. The molecule has 2 heterocycles. The molecule has 4 aromatic rings. The molecule has 0 amide bonds. The molecule has 0 radical (unpaired) electrons. The molecule has 1 N–H and O–H groups in total. The summed E-state index contributed by atoms with van der Waals surface area (Å²) in [6.07, 6.45) is 4.09. The number of aromatic amines is 1. The molecular formula is C24H22N2O4. The van der Waals surface area contributed by atoms with Gasteiger partial charge in [0.2, 0.25) is 5.56 Å². The normalized spacial score (nSPS) is 10.7. The van der Waals surface area contributed by atoms with Gasteiger partial charge >= 0.3 is 0 Å². The van der Waals surface area contributed by atoms with Gasteiger partial charge in [0.15, 0.2) is 11.5 Å². The van der Waals surface area contributed by atoms with Gasteiger partial charge in [0, 0.05) is 35.5 Å². The topological polar surface area (TPSA) is 73.4 Å². The minimum atomic E-state index is -0.144. The van der Waals surface area contributed by atoms with Crippen LogP contribution in [-0.4, -0.2) is 24.2 Å². The number of ether oxygens (including phenoxy) is 3. The Hall–Kier alpha value is -3.80. The van der Waals surface area contributed by atoms with E-state index in [1.807, 2.05) is 48.5 Å². The number of nitrogens with one attached hydrogen (secondary N) is 1. The fraction of sp³-hybridized carbons (Fsp3) is 0.167. The zero-order chi connectivity index (χ0) is 20.9. The molecule has 0 aliphatic rings. The average molecular weight is 402 g/mol. The second-order valence-corrected chi connectivity index (χ2v) is 6.88. The quantitative estimate of drug-likeness (QED) is 0.504. The molecule has 0 saturated carbocycles. The molecule has 152 valence electrons. The summed E-state index contributed by atoms with van der Waals surface area (Å²) >= 11 is 0. The van der Waals surface area contributed by atoms with E-state index in [1.165, 1.54) is 0 Å². The summed E-state index contributed by atoms with van der Waals surface area (Å²) in [5.41, 5.74) is 3.54. The largest absolute Gasteiger partial charge is 0.497 e. The summed E-state index contributed by atoms with van der Waals surface area (Å²) < 4.78 is 16.7. The Morgan fingerprint density at radius 3 is 2.60 bits per heavy atom. The Bertz CT molecular complexity index is 1220. The van der Waals surface area contributed by atoms with Crippen LogP contribution in [-0.2, 0) is 13.0 Å². The second-order valence-electron chi connectivity index (χ2n) is 6.88. The van der Waals surface area contributed by atoms with Crippen molar-refractivity contribution >= 4 is 10.9 Å². The zero-order valence-corrected chi connectivity index (χ0v) is 16.8. The number of fused-ring (bicyclic) bond motifs is 1. The molecule has 6 nitrogen and oxygen atoms in total. The number of methoxy groups -OCH3 is 2. The lowest BCUT2D eigenvalue weighted by Crippen LogP contribution is -2.07. The predicted molar refractivity (Wildman–Crippen MR) is 115 cm³/mol. The highest BCUT2D eigenvalue weighted by atomic mass is 16.5. The first-order valence-corrected chi connectivity index (χ1v) is 9.55. The van der Waals surface area contributed by atoms with Crippen LogP contribution in [0.5, 0.6) is 17.2 Å². The van der Waals surface area contributed by atoms with Gasteiger partial charge < -0.3 is 19.2 Å². The van der Waals surface area contributed by atoms with Crippen molar-refractivity contribution in [3.63, 3.8) is 0 Å². The van der Waals surface area contributed by atoms with Gasteiger partial charge in [-0.15, -0.1) is 0 Å². The van der Waals surface area contributed by atoms with Crippen molar-refractivity contribution in [1.82, 2.24) is 9.97 Å². The highest BCUT2D eigenvalue weighted by Gasteiger charge is 2.10. The Morgan fingerprint density at radius 2 is 1.83 bits per heavy atom. The number of rotatable bonds is 7. The molecule has 4 rings (SSSR count). The number of hydrogen-bond acceptors (Lipinski definition) is 5. The number of benzene rings is 2. The first kappa shape index (κ1) is 19.5. The minimum absolute atomic E-state index is 0.144. The molecule has 0 unspecified atom stereocenters. The molecule has 0 atom stereocenters. The summed E-state index contributed by atoms with van der Waals surface area (Å²) in [7, 11) is 3.22. The first-order valence-electron chi connectivity index (χ1n) is 9.55. The molecule has 0 bridgehead atoms. The van der Waals surface area contributed by atoms with Crippen LogP contribution in [0.25, 0.3) is 10.9 Å². The van der Waals surface area contributed by atoms with Gasteiger partial charge in [-0.2, -0.15) is 0 Å². The van der Waals surface area contributed by atoms with E-state index in [1.54, 1.807) is 32.7 Å². The number of pyridine rings is 2. The minimum Gasteiger partial charge on any atom is -0.497 e. The SMILES string of the molecule is COc1ccc2c(Cc3ccc(OCc4cccnc4)c(OC)c3)cc(=O)[nH]c2c1. The van der Waals surface area contributed by atoms with Crippen molar-refractivity contribution in [2.45, 2.75) is 13.0 Å². The van der Waals surface area contributed by atoms with Crippen molar-refractivity contribution in [1.29, 1.82) is 0 Å². The lowest BCUT2D eigenvalue weighted by atomic mass is 10.0. The number of aromatic nitrogens is 2. The Morgan fingerprint density at radius 1 is 0.933 bits per heavy atom. The van der Waals surface area contributed by atoms with E-state index in [0.29, 0.717) is 30.3 Å². The molecule has 0 fully saturated rings. The molecule has 2 aromatic heterocycles.